The van der Waals surface area contributed by atoms with E-state index >= 15 is 0 Å². The van der Waals surface area contributed by atoms with Gasteiger partial charge in [-0.2, -0.15) is 13.8 Å². The first-order valence-electron chi connectivity index (χ1n) is 7.90. The van der Waals surface area contributed by atoms with Crippen LogP contribution in [0.2, 0.25) is 0 Å². The summed E-state index contributed by atoms with van der Waals surface area (Å²) in [6.45, 7) is 3.52. The van der Waals surface area contributed by atoms with Gasteiger partial charge in [-0.15, -0.1) is 0 Å². The van der Waals surface area contributed by atoms with Crippen molar-refractivity contribution in [2.75, 3.05) is 0 Å². The van der Waals surface area contributed by atoms with E-state index in [4.69, 9.17) is 5.11 Å². The molecule has 3 rings (SSSR count). The molecule has 0 atom stereocenters. The summed E-state index contributed by atoms with van der Waals surface area (Å²) >= 11 is 0. The lowest BCUT2D eigenvalue weighted by atomic mass is 9.84. The Morgan fingerprint density at radius 2 is 1.59 bits per heavy atom. The summed E-state index contributed by atoms with van der Waals surface area (Å²) < 4.78 is 40.9. The van der Waals surface area contributed by atoms with Gasteiger partial charge in [-0.05, 0) is 38.1 Å². The second kappa shape index (κ2) is 6.79. The van der Waals surface area contributed by atoms with Crippen LogP contribution in [0, 0.1) is 17.7 Å². The van der Waals surface area contributed by atoms with Crippen molar-refractivity contribution in [2.24, 2.45) is 0 Å². The summed E-state index contributed by atoms with van der Waals surface area (Å²) in [6, 6.07) is 9.96. The second-order valence-corrected chi connectivity index (χ2v) is 6.34. The van der Waals surface area contributed by atoms with Crippen LogP contribution in [0.4, 0.5) is 13.2 Å². The molecule has 0 spiro atoms. The maximum Gasteiger partial charge on any atom is 0.354 e. The van der Waals surface area contributed by atoms with Crippen LogP contribution in [0.1, 0.15) is 35.7 Å². The summed E-state index contributed by atoms with van der Waals surface area (Å²) in [7, 11) is 0. The van der Waals surface area contributed by atoms with Crippen LogP contribution in [-0.4, -0.2) is 26.0 Å². The standard InChI is InChI=1S/C19H14F3N3O2/c1-19(2,14-8-4-6-12(24-14)18(26)27)13-7-3-5-11(23-13)10-9-15(20)25-17(22)16(10)21/h3-9H,1-2H3,(H,26,27). The predicted octanol–water partition coefficient (Wildman–Crippen LogP) is 3.98. The fraction of sp³-hybridized carbons (Fsp3) is 0.158. The molecule has 27 heavy (non-hydrogen) atoms. The number of hydrogen-bond donors (Lipinski definition) is 1. The molecule has 1 N–H and O–H groups in total. The van der Waals surface area contributed by atoms with Crippen LogP contribution in [0.5, 0.6) is 0 Å². The highest BCUT2D eigenvalue weighted by Gasteiger charge is 2.28. The maximum atomic E-state index is 14.0. The first-order valence-corrected chi connectivity index (χ1v) is 7.90. The van der Waals surface area contributed by atoms with Crippen LogP contribution in [0.3, 0.4) is 0 Å². The van der Waals surface area contributed by atoms with E-state index in [9.17, 15) is 18.0 Å². The minimum atomic E-state index is -1.55. The van der Waals surface area contributed by atoms with Crippen molar-refractivity contribution in [3.05, 3.63) is 77.3 Å². The Balaban J connectivity index is 2.10. The number of pyridine rings is 3. The summed E-state index contributed by atoms with van der Waals surface area (Å²) in [5.74, 6) is -5.18. The van der Waals surface area contributed by atoms with Crippen LogP contribution in [0.25, 0.3) is 11.3 Å². The molecule has 0 saturated heterocycles. The fourth-order valence-corrected chi connectivity index (χ4v) is 2.62. The molecule has 0 fully saturated rings. The zero-order valence-corrected chi connectivity index (χ0v) is 14.4. The van der Waals surface area contributed by atoms with Gasteiger partial charge in [-0.3, -0.25) is 4.98 Å². The molecule has 0 aliphatic carbocycles. The van der Waals surface area contributed by atoms with Crippen molar-refractivity contribution < 1.29 is 23.1 Å². The summed E-state index contributed by atoms with van der Waals surface area (Å²) in [5, 5.41) is 9.12. The molecule has 0 amide bonds. The van der Waals surface area contributed by atoms with E-state index in [1.54, 1.807) is 38.1 Å². The Labute approximate surface area is 152 Å². The molecule has 3 aromatic heterocycles. The second-order valence-electron chi connectivity index (χ2n) is 6.34. The van der Waals surface area contributed by atoms with Crippen LogP contribution in [0.15, 0.2) is 42.5 Å². The number of rotatable bonds is 4. The zero-order chi connectivity index (χ0) is 19.8. The van der Waals surface area contributed by atoms with Gasteiger partial charge in [-0.1, -0.05) is 12.1 Å². The third-order valence-electron chi connectivity index (χ3n) is 4.16. The largest absolute Gasteiger partial charge is 0.477 e. The van der Waals surface area contributed by atoms with E-state index in [1.807, 2.05) is 0 Å². The lowest BCUT2D eigenvalue weighted by molar-refractivity contribution is 0.0690. The average molecular weight is 373 g/mol. The van der Waals surface area contributed by atoms with E-state index < -0.39 is 29.1 Å². The van der Waals surface area contributed by atoms with Crippen molar-refractivity contribution in [3.8, 4) is 11.3 Å². The van der Waals surface area contributed by atoms with E-state index in [0.29, 0.717) is 11.4 Å². The third kappa shape index (κ3) is 3.51. The lowest BCUT2D eigenvalue weighted by Gasteiger charge is -2.24. The van der Waals surface area contributed by atoms with Crippen LogP contribution >= 0.6 is 0 Å². The summed E-state index contributed by atoms with van der Waals surface area (Å²) in [6.07, 6.45) is 0. The molecule has 8 heteroatoms. The summed E-state index contributed by atoms with van der Waals surface area (Å²) in [4.78, 5) is 22.4. The highest BCUT2D eigenvalue weighted by molar-refractivity contribution is 5.85. The molecular weight excluding hydrogens is 359 g/mol. The predicted molar refractivity (Wildman–Crippen MR) is 90.7 cm³/mol. The Hall–Kier alpha value is -3.29. The van der Waals surface area contributed by atoms with E-state index in [0.717, 1.165) is 6.07 Å². The Morgan fingerprint density at radius 3 is 2.26 bits per heavy atom. The molecule has 0 saturated carbocycles. The molecule has 0 unspecified atom stereocenters. The number of carboxylic acid groups (broad SMARTS) is 1. The van der Waals surface area contributed by atoms with Crippen molar-refractivity contribution in [2.45, 2.75) is 19.3 Å². The third-order valence-corrected chi connectivity index (χ3v) is 4.16. The molecule has 3 heterocycles. The Kier molecular flexibility index (Phi) is 4.65. The minimum absolute atomic E-state index is 0.0210. The molecule has 0 aromatic carbocycles. The fourth-order valence-electron chi connectivity index (χ4n) is 2.62. The number of nitrogens with zero attached hydrogens (tertiary/aromatic N) is 3. The van der Waals surface area contributed by atoms with Gasteiger partial charge in [0.25, 0.3) is 5.95 Å². The van der Waals surface area contributed by atoms with E-state index in [1.165, 1.54) is 12.1 Å². The quantitative estimate of drug-likeness (QED) is 0.700. The van der Waals surface area contributed by atoms with Gasteiger partial charge in [0.05, 0.1) is 17.1 Å². The van der Waals surface area contributed by atoms with Crippen molar-refractivity contribution >= 4 is 5.97 Å². The first-order chi connectivity index (χ1) is 12.7. The van der Waals surface area contributed by atoms with E-state index in [-0.39, 0.29) is 17.0 Å². The highest BCUT2D eigenvalue weighted by atomic mass is 19.2. The van der Waals surface area contributed by atoms with Crippen molar-refractivity contribution in [1.82, 2.24) is 15.0 Å². The minimum Gasteiger partial charge on any atom is -0.477 e. The molecule has 138 valence electrons. The topological polar surface area (TPSA) is 76.0 Å². The van der Waals surface area contributed by atoms with E-state index in [2.05, 4.69) is 15.0 Å². The number of halogens is 3. The highest BCUT2D eigenvalue weighted by Crippen LogP contribution is 2.31. The average Bonchev–Trinajstić information content (AvgIpc) is 2.65. The number of aromatic nitrogens is 3. The van der Waals surface area contributed by atoms with Crippen molar-refractivity contribution in [3.63, 3.8) is 0 Å². The van der Waals surface area contributed by atoms with Crippen molar-refractivity contribution in [1.29, 1.82) is 0 Å². The molecular formula is C19H14F3N3O2. The molecule has 5 nitrogen and oxygen atoms in total. The molecule has 0 bridgehead atoms. The van der Waals surface area contributed by atoms with Gasteiger partial charge in [-0.25, -0.2) is 14.2 Å². The van der Waals surface area contributed by atoms with Gasteiger partial charge in [0.2, 0.25) is 5.95 Å². The number of carboxylic acids is 1. The number of carbonyl (C=O) groups is 1. The van der Waals surface area contributed by atoms with Gasteiger partial charge in [0, 0.05) is 17.0 Å². The Morgan fingerprint density at radius 1 is 0.963 bits per heavy atom. The van der Waals surface area contributed by atoms with Crippen LogP contribution < -0.4 is 0 Å². The molecule has 0 aliphatic rings. The number of hydrogen-bond acceptors (Lipinski definition) is 4. The molecule has 3 aromatic rings. The summed E-state index contributed by atoms with van der Waals surface area (Å²) in [5.41, 5.74) is -0.451. The molecule has 0 radical (unpaired) electrons. The monoisotopic (exact) mass is 373 g/mol. The van der Waals surface area contributed by atoms with Crippen LogP contribution in [-0.2, 0) is 5.41 Å². The zero-order valence-electron chi connectivity index (χ0n) is 14.4. The normalized spacial score (nSPS) is 11.4. The van der Waals surface area contributed by atoms with Gasteiger partial charge in [0.15, 0.2) is 5.82 Å². The van der Waals surface area contributed by atoms with Gasteiger partial charge < -0.3 is 5.11 Å². The molecule has 0 aliphatic heterocycles. The Bertz CT molecular complexity index is 1040. The lowest BCUT2D eigenvalue weighted by Crippen LogP contribution is -2.23. The van der Waals surface area contributed by atoms with Gasteiger partial charge >= 0.3 is 5.97 Å². The first kappa shape index (κ1) is 18.5. The van der Waals surface area contributed by atoms with Gasteiger partial charge in [0.1, 0.15) is 5.69 Å². The SMILES string of the molecule is CC(C)(c1cccc(C(=O)O)n1)c1cccc(-c2cc(F)nc(F)c2F)n1. The number of aromatic carboxylic acids is 1. The maximum absolute atomic E-state index is 14.0. The smallest absolute Gasteiger partial charge is 0.354 e.